The second-order valence-electron chi connectivity index (χ2n) is 5.65. The Morgan fingerprint density at radius 3 is 2.86 bits per heavy atom. The molecule has 3 nitrogen and oxygen atoms in total. The predicted molar refractivity (Wildman–Crippen MR) is 90.3 cm³/mol. The van der Waals surface area contributed by atoms with Crippen LogP contribution in [0.25, 0.3) is 0 Å². The first-order chi connectivity index (χ1) is 10.1. The molecule has 0 bridgehead atoms. The van der Waals surface area contributed by atoms with Crippen LogP contribution in [0.5, 0.6) is 0 Å². The average molecular weight is 322 g/mol. The maximum atomic E-state index is 6.44. The van der Waals surface area contributed by atoms with Crippen molar-refractivity contribution >= 4 is 28.6 Å². The first-order valence-corrected chi connectivity index (χ1v) is 8.51. The van der Waals surface area contributed by atoms with Crippen molar-refractivity contribution in [3.8, 4) is 0 Å². The average Bonchev–Trinajstić information content (AvgIpc) is 3.19. The van der Waals surface area contributed by atoms with Gasteiger partial charge in [-0.2, -0.15) is 0 Å². The maximum absolute atomic E-state index is 6.44. The Labute approximate surface area is 135 Å². The van der Waals surface area contributed by atoms with Crippen LogP contribution in [0.1, 0.15) is 29.1 Å². The molecule has 0 atom stereocenters. The largest absolute Gasteiger partial charge is 0.367 e. The van der Waals surface area contributed by atoms with Gasteiger partial charge in [0, 0.05) is 25.0 Å². The van der Waals surface area contributed by atoms with Crippen molar-refractivity contribution in [1.82, 2.24) is 10.3 Å². The van der Waals surface area contributed by atoms with Gasteiger partial charge in [0.25, 0.3) is 0 Å². The van der Waals surface area contributed by atoms with E-state index in [1.165, 1.54) is 18.4 Å². The van der Waals surface area contributed by atoms with Gasteiger partial charge in [-0.1, -0.05) is 17.7 Å². The third-order valence-electron chi connectivity index (χ3n) is 3.66. The van der Waals surface area contributed by atoms with E-state index in [2.05, 4.69) is 45.8 Å². The summed E-state index contributed by atoms with van der Waals surface area (Å²) < 4.78 is 0. The summed E-state index contributed by atoms with van der Waals surface area (Å²) in [5.74, 6) is 0. The van der Waals surface area contributed by atoms with Crippen molar-refractivity contribution in [2.24, 2.45) is 0 Å². The fourth-order valence-corrected chi connectivity index (χ4v) is 3.28. The molecule has 2 aromatic rings. The van der Waals surface area contributed by atoms with E-state index in [1.807, 2.05) is 6.92 Å². The lowest BCUT2D eigenvalue weighted by Crippen LogP contribution is -2.18. The minimum absolute atomic E-state index is 0.721. The second kappa shape index (κ2) is 6.34. The zero-order valence-electron chi connectivity index (χ0n) is 12.4. The van der Waals surface area contributed by atoms with Gasteiger partial charge >= 0.3 is 0 Å². The SMILES string of the molecule is Cc1nc(CN(C)c2ccc(CNC3CC3)cc2Cl)cs1. The van der Waals surface area contributed by atoms with E-state index in [9.17, 15) is 0 Å². The van der Waals surface area contributed by atoms with Crippen LogP contribution in [0.15, 0.2) is 23.6 Å². The number of aromatic nitrogens is 1. The van der Waals surface area contributed by atoms with Gasteiger partial charge in [0.15, 0.2) is 0 Å². The molecule has 0 amide bonds. The van der Waals surface area contributed by atoms with E-state index in [4.69, 9.17) is 11.6 Å². The van der Waals surface area contributed by atoms with Crippen LogP contribution in [-0.4, -0.2) is 18.1 Å². The summed E-state index contributed by atoms with van der Waals surface area (Å²) in [5.41, 5.74) is 3.39. The summed E-state index contributed by atoms with van der Waals surface area (Å²) in [6.45, 7) is 3.71. The first kappa shape index (κ1) is 14.8. The molecule has 0 unspecified atom stereocenters. The summed E-state index contributed by atoms with van der Waals surface area (Å²) in [6, 6.07) is 7.04. The maximum Gasteiger partial charge on any atom is 0.0898 e. The van der Waals surface area contributed by atoms with Gasteiger partial charge in [0.2, 0.25) is 0 Å². The number of aryl methyl sites for hydroxylation is 1. The second-order valence-corrected chi connectivity index (χ2v) is 7.12. The van der Waals surface area contributed by atoms with Crippen molar-refractivity contribution < 1.29 is 0 Å². The Balaban J connectivity index is 1.65. The lowest BCUT2D eigenvalue weighted by atomic mass is 10.2. The number of nitrogens with one attached hydrogen (secondary N) is 1. The molecule has 21 heavy (non-hydrogen) atoms. The van der Waals surface area contributed by atoms with Gasteiger partial charge in [0.1, 0.15) is 0 Å². The third-order valence-corrected chi connectivity index (χ3v) is 4.79. The van der Waals surface area contributed by atoms with Gasteiger partial charge < -0.3 is 10.2 Å². The van der Waals surface area contributed by atoms with E-state index >= 15 is 0 Å². The molecule has 1 aromatic heterocycles. The van der Waals surface area contributed by atoms with Gasteiger partial charge in [-0.25, -0.2) is 4.98 Å². The topological polar surface area (TPSA) is 28.2 Å². The molecule has 112 valence electrons. The third kappa shape index (κ3) is 3.96. The van der Waals surface area contributed by atoms with Crippen LogP contribution < -0.4 is 10.2 Å². The molecule has 0 aliphatic heterocycles. The molecule has 1 fully saturated rings. The van der Waals surface area contributed by atoms with Crippen LogP contribution in [0.4, 0.5) is 5.69 Å². The highest BCUT2D eigenvalue weighted by atomic mass is 35.5. The van der Waals surface area contributed by atoms with Gasteiger partial charge in [-0.15, -0.1) is 11.3 Å². The molecule has 0 saturated heterocycles. The van der Waals surface area contributed by atoms with Crippen LogP contribution in [0, 0.1) is 6.92 Å². The Morgan fingerprint density at radius 2 is 2.24 bits per heavy atom. The lowest BCUT2D eigenvalue weighted by molar-refractivity contribution is 0.688. The van der Waals surface area contributed by atoms with E-state index in [1.54, 1.807) is 11.3 Å². The Bertz CT molecular complexity index is 622. The molecule has 1 aliphatic rings. The molecule has 1 aromatic carbocycles. The minimum atomic E-state index is 0.721. The van der Waals surface area contributed by atoms with Crippen molar-refractivity contribution in [3.05, 3.63) is 44.9 Å². The predicted octanol–water partition coefficient (Wildman–Crippen LogP) is 3.99. The summed E-state index contributed by atoms with van der Waals surface area (Å²) in [4.78, 5) is 6.65. The summed E-state index contributed by atoms with van der Waals surface area (Å²) in [6.07, 6.45) is 2.61. The smallest absolute Gasteiger partial charge is 0.0898 e. The highest BCUT2D eigenvalue weighted by Crippen LogP contribution is 2.28. The van der Waals surface area contributed by atoms with Gasteiger partial charge in [-0.3, -0.25) is 0 Å². The van der Waals surface area contributed by atoms with Crippen LogP contribution in [0.2, 0.25) is 5.02 Å². The monoisotopic (exact) mass is 321 g/mol. The fraction of sp³-hybridized carbons (Fsp3) is 0.438. The highest BCUT2D eigenvalue weighted by Gasteiger charge is 2.20. The molecule has 1 aliphatic carbocycles. The lowest BCUT2D eigenvalue weighted by Gasteiger charge is -2.20. The van der Waals surface area contributed by atoms with Crippen LogP contribution >= 0.6 is 22.9 Å². The quantitative estimate of drug-likeness (QED) is 0.872. The van der Waals surface area contributed by atoms with Crippen LogP contribution in [-0.2, 0) is 13.1 Å². The standard InChI is InChI=1S/C16H20ClN3S/c1-11-19-14(10-21-11)9-20(2)16-6-3-12(7-15(16)17)8-18-13-4-5-13/h3,6-7,10,13,18H,4-5,8-9H2,1-2H3. The van der Waals surface area contributed by atoms with Crippen molar-refractivity contribution in [1.29, 1.82) is 0 Å². The van der Waals surface area contributed by atoms with Crippen LogP contribution in [0.3, 0.4) is 0 Å². The van der Waals surface area contributed by atoms with Crippen molar-refractivity contribution in [2.45, 2.75) is 38.9 Å². The van der Waals surface area contributed by atoms with E-state index < -0.39 is 0 Å². The first-order valence-electron chi connectivity index (χ1n) is 7.26. The number of anilines is 1. The summed E-state index contributed by atoms with van der Waals surface area (Å²) >= 11 is 8.12. The van der Waals surface area contributed by atoms with Gasteiger partial charge in [-0.05, 0) is 37.5 Å². The van der Waals surface area contributed by atoms with E-state index in [0.29, 0.717) is 0 Å². The highest BCUT2D eigenvalue weighted by molar-refractivity contribution is 7.09. The number of hydrogen-bond acceptors (Lipinski definition) is 4. The zero-order valence-corrected chi connectivity index (χ0v) is 14.0. The summed E-state index contributed by atoms with van der Waals surface area (Å²) in [7, 11) is 2.05. The molecule has 1 N–H and O–H groups in total. The Kier molecular flexibility index (Phi) is 4.48. The molecule has 5 heteroatoms. The molecule has 0 radical (unpaired) electrons. The molecule has 0 spiro atoms. The summed E-state index contributed by atoms with van der Waals surface area (Å²) in [5, 5.41) is 7.52. The Hall–Kier alpha value is -1.10. The zero-order chi connectivity index (χ0) is 14.8. The number of thiazole rings is 1. The minimum Gasteiger partial charge on any atom is -0.367 e. The molecule has 1 saturated carbocycles. The number of rotatable bonds is 6. The van der Waals surface area contributed by atoms with E-state index in [0.717, 1.165) is 40.5 Å². The fourth-order valence-electron chi connectivity index (χ4n) is 2.33. The van der Waals surface area contributed by atoms with Gasteiger partial charge in [0.05, 0.1) is 28.0 Å². The Morgan fingerprint density at radius 1 is 1.43 bits per heavy atom. The van der Waals surface area contributed by atoms with Crippen molar-refractivity contribution in [2.75, 3.05) is 11.9 Å². The number of halogens is 1. The van der Waals surface area contributed by atoms with Crippen molar-refractivity contribution in [3.63, 3.8) is 0 Å². The number of benzene rings is 1. The normalized spacial score (nSPS) is 14.4. The number of nitrogens with zero attached hydrogens (tertiary/aromatic N) is 2. The van der Waals surface area contributed by atoms with E-state index in [-0.39, 0.29) is 0 Å². The molecular formula is C16H20ClN3S. The molecule has 1 heterocycles. The molecule has 3 rings (SSSR count). The number of hydrogen-bond donors (Lipinski definition) is 1. The molecular weight excluding hydrogens is 302 g/mol.